The van der Waals surface area contributed by atoms with Gasteiger partial charge in [-0.3, -0.25) is 10.1 Å². The van der Waals surface area contributed by atoms with Crippen molar-refractivity contribution in [3.63, 3.8) is 0 Å². The second kappa shape index (κ2) is 4.32. The van der Waals surface area contributed by atoms with E-state index in [9.17, 15) is 10.1 Å². The molecule has 0 spiro atoms. The standard InChI is InChI=1S/C15H20N2O3/c18-17(19)14-2-1-13(20-14)9-16-15-6-10-3-11(7-15)5-12(4-10)8-15/h1-2,10-12,16H,3-9H2. The minimum atomic E-state index is -0.478. The van der Waals surface area contributed by atoms with E-state index in [1.807, 2.05) is 0 Å². The molecule has 108 valence electrons. The number of nitrogens with zero attached hydrogens (tertiary/aromatic N) is 1. The SMILES string of the molecule is O=[N+]([O-])c1ccc(CNC23CC4CC(CC(C4)C2)C3)o1. The number of furan rings is 1. The summed E-state index contributed by atoms with van der Waals surface area (Å²) < 4.78 is 5.25. The largest absolute Gasteiger partial charge is 0.433 e. The molecule has 0 unspecified atom stereocenters. The molecule has 4 aliphatic carbocycles. The number of nitrogens with one attached hydrogen (secondary N) is 1. The minimum Gasteiger partial charge on any atom is -0.404 e. The van der Waals surface area contributed by atoms with Crippen LogP contribution in [0, 0.1) is 27.9 Å². The van der Waals surface area contributed by atoms with Crippen LogP contribution < -0.4 is 5.32 Å². The first-order chi connectivity index (χ1) is 9.62. The van der Waals surface area contributed by atoms with Crippen LogP contribution in [0.5, 0.6) is 0 Å². The van der Waals surface area contributed by atoms with Crippen LogP contribution in [0.3, 0.4) is 0 Å². The average molecular weight is 276 g/mol. The summed E-state index contributed by atoms with van der Waals surface area (Å²) in [7, 11) is 0. The Balaban J connectivity index is 1.45. The topological polar surface area (TPSA) is 68.3 Å². The van der Waals surface area contributed by atoms with Gasteiger partial charge in [-0.2, -0.15) is 0 Å². The van der Waals surface area contributed by atoms with E-state index in [1.54, 1.807) is 6.07 Å². The fourth-order valence-electron chi connectivity index (χ4n) is 5.16. The van der Waals surface area contributed by atoms with Crippen LogP contribution >= 0.6 is 0 Å². The summed E-state index contributed by atoms with van der Waals surface area (Å²) in [6, 6.07) is 3.16. The second-order valence-corrected chi connectivity index (χ2v) is 7.05. The molecule has 4 bridgehead atoms. The van der Waals surface area contributed by atoms with Gasteiger partial charge in [-0.05, 0) is 62.3 Å². The Kier molecular flexibility index (Phi) is 2.67. The molecule has 4 saturated carbocycles. The Labute approximate surface area is 117 Å². The molecule has 5 rings (SSSR count). The van der Waals surface area contributed by atoms with Crippen molar-refractivity contribution in [2.24, 2.45) is 17.8 Å². The van der Waals surface area contributed by atoms with Crippen molar-refractivity contribution in [3.05, 3.63) is 28.0 Å². The summed E-state index contributed by atoms with van der Waals surface area (Å²) in [5.74, 6) is 3.22. The van der Waals surface area contributed by atoms with Gasteiger partial charge in [-0.1, -0.05) is 0 Å². The van der Waals surface area contributed by atoms with Crippen molar-refractivity contribution >= 4 is 5.88 Å². The molecule has 4 aliphatic rings. The molecule has 4 fully saturated rings. The molecule has 0 amide bonds. The highest BCUT2D eigenvalue weighted by atomic mass is 16.6. The van der Waals surface area contributed by atoms with Crippen molar-refractivity contribution in [1.82, 2.24) is 5.32 Å². The van der Waals surface area contributed by atoms with Gasteiger partial charge >= 0.3 is 5.88 Å². The van der Waals surface area contributed by atoms with Crippen LogP contribution in [-0.2, 0) is 6.54 Å². The third-order valence-corrected chi connectivity index (χ3v) is 5.50. The Morgan fingerprint density at radius 2 is 1.80 bits per heavy atom. The monoisotopic (exact) mass is 276 g/mol. The molecule has 5 heteroatoms. The fraction of sp³-hybridized carbons (Fsp3) is 0.733. The predicted octanol–water partition coefficient (Wildman–Crippen LogP) is 3.25. The van der Waals surface area contributed by atoms with E-state index in [0.717, 1.165) is 17.8 Å². The summed E-state index contributed by atoms with van der Waals surface area (Å²) >= 11 is 0. The van der Waals surface area contributed by atoms with Gasteiger partial charge < -0.3 is 9.73 Å². The van der Waals surface area contributed by atoms with Crippen molar-refractivity contribution in [3.8, 4) is 0 Å². The lowest BCUT2D eigenvalue weighted by Crippen LogP contribution is -2.58. The highest BCUT2D eigenvalue weighted by Gasteiger charge is 2.50. The molecular weight excluding hydrogens is 256 g/mol. The van der Waals surface area contributed by atoms with Gasteiger partial charge in [0.2, 0.25) is 0 Å². The van der Waals surface area contributed by atoms with Gasteiger partial charge in [0.25, 0.3) is 0 Å². The van der Waals surface area contributed by atoms with Crippen LogP contribution in [0.1, 0.15) is 44.3 Å². The van der Waals surface area contributed by atoms with Crippen LogP contribution in [0.2, 0.25) is 0 Å². The van der Waals surface area contributed by atoms with Gasteiger partial charge in [-0.25, -0.2) is 0 Å². The number of hydrogen-bond acceptors (Lipinski definition) is 4. The van der Waals surface area contributed by atoms with Crippen LogP contribution in [-0.4, -0.2) is 10.5 Å². The van der Waals surface area contributed by atoms with Crippen molar-refractivity contribution in [2.45, 2.75) is 50.6 Å². The second-order valence-electron chi connectivity index (χ2n) is 7.05. The Bertz CT molecular complexity index is 502. The van der Waals surface area contributed by atoms with Gasteiger partial charge in [-0.15, -0.1) is 0 Å². The number of rotatable bonds is 4. The van der Waals surface area contributed by atoms with Crippen molar-refractivity contribution in [1.29, 1.82) is 0 Å². The maximum atomic E-state index is 10.6. The Morgan fingerprint density at radius 1 is 1.20 bits per heavy atom. The van der Waals surface area contributed by atoms with Gasteiger partial charge in [0.1, 0.15) is 10.7 Å². The van der Waals surface area contributed by atoms with Crippen LogP contribution in [0.15, 0.2) is 16.5 Å². The highest BCUT2D eigenvalue weighted by Crippen LogP contribution is 2.55. The third kappa shape index (κ3) is 2.04. The van der Waals surface area contributed by atoms with Gasteiger partial charge in [0, 0.05) is 5.54 Å². The lowest BCUT2D eigenvalue weighted by molar-refractivity contribution is -0.402. The van der Waals surface area contributed by atoms with E-state index in [4.69, 9.17) is 4.42 Å². The maximum Gasteiger partial charge on any atom is 0.433 e. The Hall–Kier alpha value is -1.36. The van der Waals surface area contributed by atoms with Crippen LogP contribution in [0.25, 0.3) is 0 Å². The molecule has 20 heavy (non-hydrogen) atoms. The van der Waals surface area contributed by atoms with Crippen molar-refractivity contribution < 1.29 is 9.34 Å². The zero-order valence-electron chi connectivity index (χ0n) is 11.5. The van der Waals surface area contributed by atoms with E-state index in [0.29, 0.717) is 12.3 Å². The van der Waals surface area contributed by atoms with E-state index < -0.39 is 4.92 Å². The Morgan fingerprint density at radius 3 is 2.30 bits per heavy atom. The summed E-state index contributed by atoms with van der Waals surface area (Å²) in [5, 5.41) is 14.3. The van der Waals surface area contributed by atoms with E-state index in [2.05, 4.69) is 5.32 Å². The first-order valence-electron chi connectivity index (χ1n) is 7.60. The highest BCUT2D eigenvalue weighted by molar-refractivity contribution is 5.18. The molecule has 0 atom stereocenters. The zero-order valence-corrected chi connectivity index (χ0v) is 11.5. The summed E-state index contributed by atoms with van der Waals surface area (Å²) in [4.78, 5) is 10.2. The summed E-state index contributed by atoms with van der Waals surface area (Å²) in [6.07, 6.45) is 8.11. The number of nitro groups is 1. The summed E-state index contributed by atoms with van der Waals surface area (Å²) in [6.45, 7) is 0.611. The molecule has 1 heterocycles. The summed E-state index contributed by atoms with van der Waals surface area (Å²) in [5.41, 5.74) is 0.274. The first-order valence-corrected chi connectivity index (χ1v) is 7.60. The molecule has 5 nitrogen and oxygen atoms in total. The molecule has 1 N–H and O–H groups in total. The molecule has 1 aromatic heterocycles. The van der Waals surface area contributed by atoms with Gasteiger partial charge in [0.15, 0.2) is 0 Å². The smallest absolute Gasteiger partial charge is 0.404 e. The molecule has 1 aromatic rings. The average Bonchev–Trinajstić information content (AvgIpc) is 2.84. The molecule has 0 saturated heterocycles. The van der Waals surface area contributed by atoms with Crippen molar-refractivity contribution in [2.75, 3.05) is 0 Å². The third-order valence-electron chi connectivity index (χ3n) is 5.50. The quantitative estimate of drug-likeness (QED) is 0.677. The zero-order chi connectivity index (χ0) is 13.7. The fourth-order valence-corrected chi connectivity index (χ4v) is 5.16. The number of hydrogen-bond donors (Lipinski definition) is 1. The van der Waals surface area contributed by atoms with E-state index >= 15 is 0 Å². The van der Waals surface area contributed by atoms with E-state index in [1.165, 1.54) is 44.6 Å². The van der Waals surface area contributed by atoms with E-state index in [-0.39, 0.29) is 11.4 Å². The lowest BCUT2D eigenvalue weighted by Gasteiger charge is -2.57. The molecule has 0 aliphatic heterocycles. The lowest BCUT2D eigenvalue weighted by atomic mass is 9.53. The van der Waals surface area contributed by atoms with Gasteiger partial charge in [0.05, 0.1) is 12.6 Å². The molecule has 0 aromatic carbocycles. The normalized spacial score (nSPS) is 38.3. The molecular formula is C15H20N2O3. The van der Waals surface area contributed by atoms with Crippen LogP contribution in [0.4, 0.5) is 5.88 Å². The molecule has 0 radical (unpaired) electrons. The predicted molar refractivity (Wildman–Crippen MR) is 73.1 cm³/mol. The minimum absolute atomic E-state index is 0.160. The maximum absolute atomic E-state index is 10.6. The first kappa shape index (κ1) is 12.4.